The summed E-state index contributed by atoms with van der Waals surface area (Å²) in [6, 6.07) is 7.17. The summed E-state index contributed by atoms with van der Waals surface area (Å²) in [5, 5.41) is 2.07. The molecule has 1 N–H and O–H groups in total. The van der Waals surface area contributed by atoms with Crippen molar-refractivity contribution < 1.29 is 23.2 Å². The number of hydrogen-bond acceptors (Lipinski definition) is 4. The van der Waals surface area contributed by atoms with Crippen LogP contribution in [-0.4, -0.2) is 17.8 Å². The molecule has 0 saturated carbocycles. The number of rotatable bonds is 2. The molecule has 2 heterocycles. The minimum Gasteiger partial charge on any atom is -0.462 e. The second-order valence-electron chi connectivity index (χ2n) is 4.88. The molecule has 0 radical (unpaired) electrons. The van der Waals surface area contributed by atoms with E-state index in [0.717, 1.165) is 17.0 Å². The van der Waals surface area contributed by atoms with Crippen molar-refractivity contribution in [3.63, 3.8) is 0 Å². The molecule has 4 amide bonds. The number of amides is 4. The first kappa shape index (κ1) is 14.7. The lowest BCUT2D eigenvalue weighted by Gasteiger charge is -2.26. The molecule has 0 spiro atoms. The van der Waals surface area contributed by atoms with Gasteiger partial charge in [-0.3, -0.25) is 14.9 Å². The van der Waals surface area contributed by atoms with Crippen molar-refractivity contribution in [1.29, 1.82) is 0 Å². The van der Waals surface area contributed by atoms with E-state index in [2.05, 4.69) is 5.32 Å². The van der Waals surface area contributed by atoms with Crippen molar-refractivity contribution in [2.75, 3.05) is 4.90 Å². The number of furan rings is 1. The largest absolute Gasteiger partial charge is 0.462 e. The predicted molar refractivity (Wildman–Crippen MR) is 78.8 cm³/mol. The number of imide groups is 2. The van der Waals surface area contributed by atoms with Crippen LogP contribution in [0.4, 0.5) is 14.9 Å². The lowest BCUT2D eigenvalue weighted by molar-refractivity contribution is -0.122. The third-order valence-corrected chi connectivity index (χ3v) is 3.23. The molecule has 0 bridgehead atoms. The maximum absolute atomic E-state index is 13.0. The molecule has 3 rings (SSSR count). The summed E-state index contributed by atoms with van der Waals surface area (Å²) in [6.45, 7) is 1.72. The van der Waals surface area contributed by atoms with E-state index in [4.69, 9.17) is 4.42 Å². The van der Waals surface area contributed by atoms with Crippen molar-refractivity contribution in [2.45, 2.75) is 6.92 Å². The van der Waals surface area contributed by atoms with Gasteiger partial charge in [-0.2, -0.15) is 0 Å². The summed E-state index contributed by atoms with van der Waals surface area (Å²) in [5.74, 6) is -1.19. The van der Waals surface area contributed by atoms with Crippen LogP contribution in [0.15, 0.2) is 46.4 Å². The van der Waals surface area contributed by atoms with Crippen LogP contribution < -0.4 is 10.2 Å². The summed E-state index contributed by atoms with van der Waals surface area (Å²) in [7, 11) is 0. The summed E-state index contributed by atoms with van der Waals surface area (Å²) < 4.78 is 18.3. The number of anilines is 1. The Morgan fingerprint density at radius 2 is 1.78 bits per heavy atom. The van der Waals surface area contributed by atoms with Crippen molar-refractivity contribution >= 4 is 29.6 Å². The molecule has 23 heavy (non-hydrogen) atoms. The number of nitrogens with zero attached hydrogens (tertiary/aromatic N) is 1. The summed E-state index contributed by atoms with van der Waals surface area (Å²) in [6.07, 6.45) is 1.26. The molecule has 116 valence electrons. The highest BCUT2D eigenvalue weighted by Gasteiger charge is 2.37. The smallest absolute Gasteiger partial charge is 0.335 e. The van der Waals surface area contributed by atoms with Crippen molar-refractivity contribution in [1.82, 2.24) is 5.32 Å². The predicted octanol–water partition coefficient (Wildman–Crippen LogP) is 2.39. The molecular weight excluding hydrogens is 303 g/mol. The van der Waals surface area contributed by atoms with Crippen LogP contribution in [0.3, 0.4) is 0 Å². The second kappa shape index (κ2) is 5.53. The van der Waals surface area contributed by atoms with Gasteiger partial charge in [0.25, 0.3) is 11.8 Å². The van der Waals surface area contributed by atoms with Gasteiger partial charge in [0, 0.05) is 0 Å². The van der Waals surface area contributed by atoms with Crippen molar-refractivity contribution in [2.24, 2.45) is 0 Å². The number of barbiturate groups is 1. The molecule has 0 aliphatic carbocycles. The van der Waals surface area contributed by atoms with Gasteiger partial charge in [-0.1, -0.05) is 0 Å². The molecule has 1 saturated heterocycles. The van der Waals surface area contributed by atoms with E-state index in [1.165, 1.54) is 18.2 Å². The highest BCUT2D eigenvalue weighted by molar-refractivity contribution is 6.39. The van der Waals surface area contributed by atoms with Gasteiger partial charge in [-0.25, -0.2) is 14.1 Å². The molecule has 1 aliphatic rings. The Morgan fingerprint density at radius 3 is 2.39 bits per heavy atom. The van der Waals surface area contributed by atoms with E-state index in [9.17, 15) is 18.8 Å². The Hall–Kier alpha value is -3.22. The standard InChI is InChI=1S/C16H11FN2O4/c1-9-2-7-12(23-9)8-13-14(20)18-16(22)19(15(13)21)11-5-3-10(17)4-6-11/h2-8H,1H3,(H,18,20,22)/b13-8+. The van der Waals surface area contributed by atoms with E-state index < -0.39 is 23.7 Å². The number of nitrogens with one attached hydrogen (secondary N) is 1. The minimum atomic E-state index is -0.889. The minimum absolute atomic E-state index is 0.155. The first-order chi connectivity index (χ1) is 11.0. The van der Waals surface area contributed by atoms with Gasteiger partial charge < -0.3 is 4.42 Å². The molecule has 0 atom stereocenters. The summed E-state index contributed by atoms with van der Waals surface area (Å²) >= 11 is 0. The van der Waals surface area contributed by atoms with Crippen LogP contribution >= 0.6 is 0 Å². The van der Waals surface area contributed by atoms with E-state index in [1.54, 1.807) is 19.1 Å². The number of carbonyl (C=O) groups is 3. The SMILES string of the molecule is Cc1ccc(/C=C2\C(=O)NC(=O)N(c3ccc(F)cc3)C2=O)o1. The molecule has 1 fully saturated rings. The van der Waals surface area contributed by atoms with Gasteiger partial charge in [-0.05, 0) is 49.4 Å². The third-order valence-electron chi connectivity index (χ3n) is 3.23. The first-order valence-corrected chi connectivity index (χ1v) is 6.69. The number of urea groups is 1. The first-order valence-electron chi connectivity index (χ1n) is 6.69. The van der Waals surface area contributed by atoms with Gasteiger partial charge in [-0.15, -0.1) is 0 Å². The molecule has 1 aromatic heterocycles. The monoisotopic (exact) mass is 314 g/mol. The highest BCUT2D eigenvalue weighted by atomic mass is 19.1. The van der Waals surface area contributed by atoms with Crippen LogP contribution in [0.25, 0.3) is 6.08 Å². The van der Waals surface area contributed by atoms with Gasteiger partial charge in [0.1, 0.15) is 22.9 Å². The zero-order valence-electron chi connectivity index (χ0n) is 12.0. The topological polar surface area (TPSA) is 79.6 Å². The third kappa shape index (κ3) is 2.76. The van der Waals surface area contributed by atoms with Crippen LogP contribution in [0.2, 0.25) is 0 Å². The van der Waals surface area contributed by atoms with Crippen LogP contribution in [0.1, 0.15) is 11.5 Å². The Kier molecular flexibility index (Phi) is 3.53. The molecule has 6 nitrogen and oxygen atoms in total. The maximum Gasteiger partial charge on any atom is 0.335 e. The zero-order chi connectivity index (χ0) is 16.6. The van der Waals surface area contributed by atoms with Crippen LogP contribution in [-0.2, 0) is 9.59 Å². The Balaban J connectivity index is 2.00. The van der Waals surface area contributed by atoms with Gasteiger partial charge in [0.15, 0.2) is 0 Å². The van der Waals surface area contributed by atoms with E-state index in [0.29, 0.717) is 11.5 Å². The Bertz CT molecular complexity index is 836. The lowest BCUT2D eigenvalue weighted by Crippen LogP contribution is -2.54. The van der Waals surface area contributed by atoms with E-state index in [-0.39, 0.29) is 11.3 Å². The molecule has 7 heteroatoms. The average molecular weight is 314 g/mol. The number of halogens is 1. The quantitative estimate of drug-likeness (QED) is 0.682. The van der Waals surface area contributed by atoms with Crippen LogP contribution in [0, 0.1) is 12.7 Å². The van der Waals surface area contributed by atoms with Crippen molar-refractivity contribution in [3.05, 3.63) is 59.3 Å². The molecule has 1 aromatic carbocycles. The Labute approximate surface area is 130 Å². The summed E-state index contributed by atoms with van der Waals surface area (Å²) in [4.78, 5) is 37.1. The highest BCUT2D eigenvalue weighted by Crippen LogP contribution is 2.22. The second-order valence-corrected chi connectivity index (χ2v) is 4.88. The maximum atomic E-state index is 13.0. The fourth-order valence-corrected chi connectivity index (χ4v) is 2.16. The van der Waals surface area contributed by atoms with Gasteiger partial charge in [0.2, 0.25) is 0 Å². The Morgan fingerprint density at radius 1 is 1.09 bits per heavy atom. The van der Waals surface area contributed by atoms with Gasteiger partial charge in [0.05, 0.1) is 5.69 Å². The zero-order valence-corrected chi connectivity index (χ0v) is 12.0. The molecule has 0 unspecified atom stereocenters. The fourth-order valence-electron chi connectivity index (χ4n) is 2.16. The molecule has 2 aromatic rings. The summed E-state index contributed by atoms with van der Waals surface area (Å²) in [5.41, 5.74) is -0.0915. The normalized spacial score (nSPS) is 16.9. The number of carbonyl (C=O) groups excluding carboxylic acids is 3. The van der Waals surface area contributed by atoms with E-state index in [1.807, 2.05) is 0 Å². The van der Waals surface area contributed by atoms with Crippen LogP contribution in [0.5, 0.6) is 0 Å². The fraction of sp³-hybridized carbons (Fsp3) is 0.0625. The van der Waals surface area contributed by atoms with Crippen molar-refractivity contribution in [3.8, 4) is 0 Å². The van der Waals surface area contributed by atoms with Gasteiger partial charge >= 0.3 is 6.03 Å². The lowest BCUT2D eigenvalue weighted by atomic mass is 10.1. The average Bonchev–Trinajstić information content (AvgIpc) is 2.91. The molecule has 1 aliphatic heterocycles. The van der Waals surface area contributed by atoms with E-state index >= 15 is 0 Å². The number of hydrogen-bond donors (Lipinski definition) is 1. The number of aryl methyl sites for hydroxylation is 1. The number of benzene rings is 1. The molecular formula is C16H11FN2O4.